The third kappa shape index (κ3) is 4.52. The van der Waals surface area contributed by atoms with Gasteiger partial charge in [0.15, 0.2) is 0 Å². The fraction of sp³-hybridized carbons (Fsp3) is 0.250. The number of halogens is 2. The summed E-state index contributed by atoms with van der Waals surface area (Å²) in [7, 11) is 0. The molecule has 0 bridgehead atoms. The van der Waals surface area contributed by atoms with Crippen LogP contribution < -0.4 is 10.2 Å². The number of carbonyl (C=O) groups is 1. The van der Waals surface area contributed by atoms with Crippen molar-refractivity contribution in [1.82, 2.24) is 20.4 Å². The first-order chi connectivity index (χ1) is 16.1. The van der Waals surface area contributed by atoms with Crippen LogP contribution in [0.3, 0.4) is 0 Å². The molecule has 1 N–H and O–H groups in total. The zero-order chi connectivity index (χ0) is 22.8. The van der Waals surface area contributed by atoms with E-state index in [2.05, 4.69) is 25.3 Å². The van der Waals surface area contributed by atoms with Gasteiger partial charge in [-0.1, -0.05) is 41.0 Å². The maximum absolute atomic E-state index is 13.8. The van der Waals surface area contributed by atoms with Crippen LogP contribution in [0, 0.1) is 11.7 Å². The number of nitrogens with zero attached hydrogens (tertiary/aromatic N) is 4. The Bertz CT molecular complexity index is 1300. The van der Waals surface area contributed by atoms with Crippen molar-refractivity contribution in [2.24, 2.45) is 5.92 Å². The van der Waals surface area contributed by atoms with Crippen LogP contribution in [0.5, 0.6) is 0 Å². The Labute approximate surface area is 194 Å². The van der Waals surface area contributed by atoms with Crippen LogP contribution in [0.4, 0.5) is 10.2 Å². The maximum atomic E-state index is 13.8. The lowest BCUT2D eigenvalue weighted by atomic mass is 9.95. The van der Waals surface area contributed by atoms with E-state index < -0.39 is 0 Å². The van der Waals surface area contributed by atoms with E-state index in [1.807, 2.05) is 24.3 Å². The molecule has 5 rings (SSSR count). The minimum atomic E-state index is -0.355. The molecule has 2 aromatic heterocycles. The average molecular weight is 466 g/mol. The number of aromatic nitrogens is 3. The summed E-state index contributed by atoms with van der Waals surface area (Å²) in [5.74, 6) is 0.278. The predicted octanol–water partition coefficient (Wildman–Crippen LogP) is 4.61. The number of hydrogen-bond donors (Lipinski definition) is 1. The predicted molar refractivity (Wildman–Crippen MR) is 123 cm³/mol. The first-order valence-electron chi connectivity index (χ1n) is 10.7. The lowest BCUT2D eigenvalue weighted by Crippen LogP contribution is -2.40. The minimum Gasteiger partial charge on any atom is -0.356 e. The Morgan fingerprint density at radius 3 is 2.76 bits per heavy atom. The highest BCUT2D eigenvalue weighted by Crippen LogP contribution is 2.34. The Hall–Kier alpha value is -3.52. The van der Waals surface area contributed by atoms with Gasteiger partial charge in [0.25, 0.3) is 5.71 Å². The lowest BCUT2D eigenvalue weighted by molar-refractivity contribution is -0.125. The fourth-order valence-electron chi connectivity index (χ4n) is 4.18. The molecule has 0 spiro atoms. The minimum absolute atomic E-state index is 0.0351. The van der Waals surface area contributed by atoms with E-state index in [-0.39, 0.29) is 17.6 Å². The van der Waals surface area contributed by atoms with Crippen LogP contribution in [0.1, 0.15) is 18.4 Å². The van der Waals surface area contributed by atoms with E-state index >= 15 is 0 Å². The molecule has 0 saturated carbocycles. The summed E-state index contributed by atoms with van der Waals surface area (Å²) in [4.78, 5) is 23.4. The molecule has 3 heterocycles. The highest BCUT2D eigenvalue weighted by molar-refractivity contribution is 6.30. The number of piperidine rings is 1. The number of benzene rings is 2. The van der Waals surface area contributed by atoms with Crippen LogP contribution in [0.15, 0.2) is 59.4 Å². The second-order valence-corrected chi connectivity index (χ2v) is 8.46. The van der Waals surface area contributed by atoms with Crippen molar-refractivity contribution in [3.8, 4) is 11.3 Å². The Kier molecular flexibility index (Phi) is 5.92. The normalized spacial score (nSPS) is 14.5. The van der Waals surface area contributed by atoms with Crippen LogP contribution in [0.2, 0.25) is 5.02 Å². The Morgan fingerprint density at radius 2 is 1.97 bits per heavy atom. The summed E-state index contributed by atoms with van der Waals surface area (Å²) >= 11 is 6.02. The fourth-order valence-corrected chi connectivity index (χ4v) is 4.39. The number of carbonyl (C=O) groups excluding carboxylic acids is 1. The number of hydrogen-bond acceptors (Lipinski definition) is 6. The van der Waals surface area contributed by atoms with E-state index in [9.17, 15) is 9.18 Å². The molecule has 168 valence electrons. The van der Waals surface area contributed by atoms with Gasteiger partial charge in [-0.15, -0.1) is 0 Å². The molecule has 2 aromatic carbocycles. The average Bonchev–Trinajstić information content (AvgIpc) is 3.27. The number of amides is 1. The monoisotopic (exact) mass is 465 g/mol. The van der Waals surface area contributed by atoms with Gasteiger partial charge in [-0.25, -0.2) is 9.37 Å². The van der Waals surface area contributed by atoms with Gasteiger partial charge in [0.2, 0.25) is 5.91 Å². The topological polar surface area (TPSA) is 84.2 Å². The standard InChI is InChI=1S/C24H21ClFN5O2/c25-18-5-1-3-15(11-18)13-27-23(32)16-7-9-31(10-8-16)22-20-21(17-4-2-6-19(26)12-17)30-33-24(20)29-14-28-22/h1-6,11-12,14,16H,7-10,13H2,(H,27,32). The SMILES string of the molecule is O=C(NCc1cccc(Cl)c1)C1CCN(c2ncnc3onc(-c4cccc(F)c4)c23)CC1. The van der Waals surface area contributed by atoms with Crippen LogP contribution in [-0.2, 0) is 11.3 Å². The van der Waals surface area contributed by atoms with Crippen LogP contribution >= 0.6 is 11.6 Å². The first kappa shape index (κ1) is 21.3. The first-order valence-corrected chi connectivity index (χ1v) is 11.1. The molecule has 1 aliphatic rings. The van der Waals surface area contributed by atoms with Crippen LogP contribution in [0.25, 0.3) is 22.4 Å². The molecule has 1 fully saturated rings. The molecular formula is C24H21ClFN5O2. The summed E-state index contributed by atoms with van der Waals surface area (Å²) in [6.45, 7) is 1.74. The van der Waals surface area contributed by atoms with Gasteiger partial charge < -0.3 is 14.7 Å². The second-order valence-electron chi connectivity index (χ2n) is 8.03. The quantitative estimate of drug-likeness (QED) is 0.463. The van der Waals surface area contributed by atoms with E-state index in [1.165, 1.54) is 18.5 Å². The van der Waals surface area contributed by atoms with Crippen molar-refractivity contribution >= 4 is 34.4 Å². The van der Waals surface area contributed by atoms with Gasteiger partial charge in [0, 0.05) is 36.1 Å². The molecule has 1 amide bonds. The van der Waals surface area contributed by atoms with Crippen molar-refractivity contribution in [2.75, 3.05) is 18.0 Å². The molecule has 0 aliphatic carbocycles. The van der Waals surface area contributed by atoms with Crippen molar-refractivity contribution in [1.29, 1.82) is 0 Å². The zero-order valence-electron chi connectivity index (χ0n) is 17.7. The summed E-state index contributed by atoms with van der Waals surface area (Å²) < 4.78 is 19.2. The smallest absolute Gasteiger partial charge is 0.263 e. The summed E-state index contributed by atoms with van der Waals surface area (Å²) in [5.41, 5.74) is 2.41. The Morgan fingerprint density at radius 1 is 1.15 bits per heavy atom. The van der Waals surface area contributed by atoms with Gasteiger partial charge in [-0.2, -0.15) is 4.98 Å². The number of nitrogens with one attached hydrogen (secondary N) is 1. The van der Waals surface area contributed by atoms with Crippen molar-refractivity contribution < 1.29 is 13.7 Å². The van der Waals surface area contributed by atoms with E-state index in [0.717, 1.165) is 5.56 Å². The summed E-state index contributed by atoms with van der Waals surface area (Å²) in [6.07, 6.45) is 2.81. The van der Waals surface area contributed by atoms with Crippen molar-refractivity contribution in [2.45, 2.75) is 19.4 Å². The van der Waals surface area contributed by atoms with Gasteiger partial charge in [0.05, 0.1) is 0 Å². The van der Waals surface area contributed by atoms with Gasteiger partial charge in [-0.3, -0.25) is 4.79 Å². The molecule has 0 unspecified atom stereocenters. The van der Waals surface area contributed by atoms with Gasteiger partial charge in [0.1, 0.15) is 29.0 Å². The van der Waals surface area contributed by atoms with E-state index in [4.69, 9.17) is 16.1 Å². The largest absolute Gasteiger partial charge is 0.356 e. The summed E-state index contributed by atoms with van der Waals surface area (Å²) in [5, 5.41) is 8.43. The van der Waals surface area contributed by atoms with Gasteiger partial charge >= 0.3 is 0 Å². The van der Waals surface area contributed by atoms with Gasteiger partial charge in [-0.05, 0) is 42.7 Å². The van der Waals surface area contributed by atoms with Crippen LogP contribution in [-0.4, -0.2) is 34.1 Å². The third-order valence-electron chi connectivity index (χ3n) is 5.87. The molecule has 4 aromatic rings. The number of anilines is 1. The van der Waals surface area contributed by atoms with E-state index in [0.29, 0.717) is 65.7 Å². The van der Waals surface area contributed by atoms with Crippen molar-refractivity contribution in [3.05, 3.63) is 71.3 Å². The lowest BCUT2D eigenvalue weighted by Gasteiger charge is -2.32. The Balaban J connectivity index is 1.29. The second kappa shape index (κ2) is 9.15. The highest BCUT2D eigenvalue weighted by Gasteiger charge is 2.28. The third-order valence-corrected chi connectivity index (χ3v) is 6.11. The molecule has 1 aliphatic heterocycles. The highest BCUT2D eigenvalue weighted by atomic mass is 35.5. The molecular weight excluding hydrogens is 445 g/mol. The maximum Gasteiger partial charge on any atom is 0.263 e. The molecule has 1 saturated heterocycles. The van der Waals surface area contributed by atoms with Crippen molar-refractivity contribution in [3.63, 3.8) is 0 Å². The number of fused-ring (bicyclic) bond motifs is 1. The zero-order valence-corrected chi connectivity index (χ0v) is 18.4. The molecule has 9 heteroatoms. The van der Waals surface area contributed by atoms with E-state index in [1.54, 1.807) is 12.1 Å². The summed E-state index contributed by atoms with van der Waals surface area (Å²) in [6, 6.07) is 13.6. The molecule has 0 atom stereocenters. The molecule has 7 nitrogen and oxygen atoms in total. The molecule has 33 heavy (non-hydrogen) atoms. The molecule has 0 radical (unpaired) electrons. The number of rotatable bonds is 5.